The molecule has 2 bridgehead atoms. The molecular formula is C34H47ClN2O5S. The van der Waals surface area contributed by atoms with Crippen molar-refractivity contribution < 1.29 is 23.4 Å². The Bertz CT molecular complexity index is 1400. The highest BCUT2D eigenvalue weighted by Crippen LogP contribution is 2.47. The van der Waals surface area contributed by atoms with Crippen LogP contribution in [0.1, 0.15) is 88.1 Å². The maximum absolute atomic E-state index is 13.3. The summed E-state index contributed by atoms with van der Waals surface area (Å²) in [4.78, 5) is 2.32. The number of aliphatic hydroxyl groups is 2. The highest BCUT2D eigenvalue weighted by Gasteiger charge is 2.46. The molecule has 2 aliphatic heterocycles. The van der Waals surface area contributed by atoms with E-state index < -0.39 is 27.1 Å². The minimum atomic E-state index is -3.82. The van der Waals surface area contributed by atoms with Crippen LogP contribution in [0, 0.1) is 17.8 Å². The smallest absolute Gasteiger partial charge is 0.216 e. The van der Waals surface area contributed by atoms with E-state index in [-0.39, 0.29) is 11.8 Å². The van der Waals surface area contributed by atoms with Gasteiger partial charge < -0.3 is 19.8 Å². The van der Waals surface area contributed by atoms with E-state index in [2.05, 4.69) is 16.2 Å². The SMILES string of the molecule is C=CC[C@@]1(O)CCC[C@H](C)[C@@H](C)S(=O)(=O)NC(O)c2ccc3c(c2)N(CCCCc2cc(Cl)ccc2CO3)C[C@@H]2CC[C@H]21. The van der Waals surface area contributed by atoms with E-state index in [0.29, 0.717) is 48.1 Å². The largest absolute Gasteiger partial charge is 0.487 e. The van der Waals surface area contributed by atoms with Crippen molar-refractivity contribution in [3.8, 4) is 5.75 Å². The molecule has 0 saturated heterocycles. The van der Waals surface area contributed by atoms with Gasteiger partial charge in [0.15, 0.2) is 0 Å². The maximum atomic E-state index is 13.3. The fourth-order valence-corrected chi connectivity index (χ4v) is 8.80. The van der Waals surface area contributed by atoms with Gasteiger partial charge in [-0.2, -0.15) is 4.72 Å². The van der Waals surface area contributed by atoms with Crippen LogP contribution < -0.4 is 14.4 Å². The lowest BCUT2D eigenvalue weighted by Gasteiger charge is -2.49. The summed E-state index contributed by atoms with van der Waals surface area (Å²) >= 11 is 6.33. The summed E-state index contributed by atoms with van der Waals surface area (Å²) in [5.74, 6) is 0.980. The second kappa shape index (κ2) is 13.5. The predicted octanol–water partition coefficient (Wildman–Crippen LogP) is 6.51. The lowest BCUT2D eigenvalue weighted by Crippen LogP contribution is -2.51. The third-order valence-electron chi connectivity index (χ3n) is 10.2. The molecule has 236 valence electrons. The van der Waals surface area contributed by atoms with Gasteiger partial charge >= 0.3 is 0 Å². The van der Waals surface area contributed by atoms with Crippen molar-refractivity contribution in [2.75, 3.05) is 18.0 Å². The van der Waals surface area contributed by atoms with E-state index in [0.717, 1.165) is 62.9 Å². The average molecular weight is 631 g/mol. The van der Waals surface area contributed by atoms with E-state index >= 15 is 0 Å². The second-order valence-electron chi connectivity index (χ2n) is 13.0. The Morgan fingerprint density at radius 1 is 1.12 bits per heavy atom. The lowest BCUT2D eigenvalue weighted by molar-refractivity contribution is -0.0861. The molecule has 43 heavy (non-hydrogen) atoms. The summed E-state index contributed by atoms with van der Waals surface area (Å²) in [5, 5.41) is 23.1. The minimum absolute atomic E-state index is 0.138. The van der Waals surface area contributed by atoms with Crippen molar-refractivity contribution in [2.24, 2.45) is 17.8 Å². The summed E-state index contributed by atoms with van der Waals surface area (Å²) in [6, 6.07) is 11.4. The summed E-state index contributed by atoms with van der Waals surface area (Å²) in [6.45, 7) is 9.47. The van der Waals surface area contributed by atoms with Crippen molar-refractivity contribution in [3.63, 3.8) is 0 Å². The first-order chi connectivity index (χ1) is 20.5. The number of nitrogens with zero attached hydrogens (tertiary/aromatic N) is 1. The van der Waals surface area contributed by atoms with Gasteiger partial charge in [0.2, 0.25) is 10.0 Å². The van der Waals surface area contributed by atoms with E-state index in [4.69, 9.17) is 16.3 Å². The van der Waals surface area contributed by atoms with Crippen LogP contribution in [0.25, 0.3) is 0 Å². The van der Waals surface area contributed by atoms with Gasteiger partial charge in [0, 0.05) is 18.1 Å². The molecule has 1 aliphatic carbocycles. The second-order valence-corrected chi connectivity index (χ2v) is 15.5. The molecular weight excluding hydrogens is 584 g/mol. The minimum Gasteiger partial charge on any atom is -0.487 e. The normalized spacial score (nSPS) is 31.7. The first-order valence-electron chi connectivity index (χ1n) is 15.8. The first-order valence-corrected chi connectivity index (χ1v) is 17.7. The summed E-state index contributed by atoms with van der Waals surface area (Å²) < 4.78 is 35.6. The zero-order valence-corrected chi connectivity index (χ0v) is 27.0. The number of benzene rings is 2. The molecule has 3 aliphatic rings. The zero-order valence-electron chi connectivity index (χ0n) is 25.5. The molecule has 2 aromatic rings. The average Bonchev–Trinajstić information content (AvgIpc) is 2.97. The Kier molecular flexibility index (Phi) is 10.1. The van der Waals surface area contributed by atoms with Crippen LogP contribution in [0.5, 0.6) is 5.75 Å². The number of sulfonamides is 1. The number of ether oxygens (including phenoxy) is 1. The highest BCUT2D eigenvalue weighted by molar-refractivity contribution is 7.90. The van der Waals surface area contributed by atoms with Gasteiger partial charge in [-0.3, -0.25) is 0 Å². The van der Waals surface area contributed by atoms with E-state index in [1.54, 1.807) is 13.0 Å². The molecule has 0 aromatic heterocycles. The fraction of sp³-hybridized carbons (Fsp3) is 0.588. The number of fused-ring (bicyclic) bond motifs is 3. The maximum Gasteiger partial charge on any atom is 0.216 e. The molecule has 2 heterocycles. The van der Waals surface area contributed by atoms with Gasteiger partial charge in [0.05, 0.1) is 16.5 Å². The quantitative estimate of drug-likeness (QED) is 0.327. The van der Waals surface area contributed by atoms with Crippen LogP contribution in [0.3, 0.4) is 0 Å². The van der Waals surface area contributed by atoms with Crippen molar-refractivity contribution in [3.05, 3.63) is 70.8 Å². The van der Waals surface area contributed by atoms with E-state index in [9.17, 15) is 18.6 Å². The lowest BCUT2D eigenvalue weighted by atomic mass is 9.62. The predicted molar refractivity (Wildman–Crippen MR) is 173 cm³/mol. The Morgan fingerprint density at radius 3 is 2.67 bits per heavy atom. The summed E-state index contributed by atoms with van der Waals surface area (Å²) in [5.41, 5.74) is 2.71. The highest BCUT2D eigenvalue weighted by atomic mass is 35.5. The van der Waals surface area contributed by atoms with Crippen LogP contribution in [-0.4, -0.2) is 42.6 Å². The molecule has 2 aromatic carbocycles. The van der Waals surface area contributed by atoms with Crippen molar-refractivity contribution >= 4 is 27.3 Å². The number of rotatable bonds is 2. The monoisotopic (exact) mass is 630 g/mol. The van der Waals surface area contributed by atoms with Crippen LogP contribution >= 0.6 is 11.6 Å². The molecule has 1 fully saturated rings. The van der Waals surface area contributed by atoms with Gasteiger partial charge in [0.1, 0.15) is 18.6 Å². The molecule has 7 nitrogen and oxygen atoms in total. The molecule has 0 radical (unpaired) electrons. The number of halogens is 1. The Hall–Kier alpha value is -2.10. The van der Waals surface area contributed by atoms with Crippen LogP contribution in [0.2, 0.25) is 5.02 Å². The van der Waals surface area contributed by atoms with Crippen molar-refractivity contribution in [1.29, 1.82) is 0 Å². The van der Waals surface area contributed by atoms with Crippen LogP contribution in [0.4, 0.5) is 5.69 Å². The van der Waals surface area contributed by atoms with Gasteiger partial charge in [-0.05, 0) is 117 Å². The summed E-state index contributed by atoms with van der Waals surface area (Å²) in [7, 11) is -3.82. The number of aryl methyl sites for hydroxylation is 1. The van der Waals surface area contributed by atoms with E-state index in [1.165, 1.54) is 5.56 Å². The third kappa shape index (κ3) is 7.25. The molecule has 9 heteroatoms. The Morgan fingerprint density at radius 2 is 1.93 bits per heavy atom. The fourth-order valence-electron chi connectivity index (χ4n) is 7.19. The van der Waals surface area contributed by atoms with Gasteiger partial charge in [-0.25, -0.2) is 8.42 Å². The number of nitrogens with one attached hydrogen (secondary N) is 1. The van der Waals surface area contributed by atoms with Gasteiger partial charge in [0.25, 0.3) is 0 Å². The molecule has 6 atom stereocenters. The van der Waals surface area contributed by atoms with Gasteiger partial charge in [-0.15, -0.1) is 6.58 Å². The summed E-state index contributed by atoms with van der Waals surface area (Å²) in [6.07, 6.45) is 7.79. The number of hydrogen-bond donors (Lipinski definition) is 3. The Labute approximate surface area is 262 Å². The molecule has 0 amide bonds. The topological polar surface area (TPSA) is 99.1 Å². The molecule has 0 spiro atoms. The third-order valence-corrected chi connectivity index (χ3v) is 12.4. The number of anilines is 1. The molecule has 3 N–H and O–H groups in total. The van der Waals surface area contributed by atoms with E-state index in [1.807, 2.05) is 43.3 Å². The standard InChI is InChI=1S/C34H47ClN2O5S/c1-4-16-34(39)17-7-8-23(2)24(3)43(40,41)36-33(38)26-12-15-32-31(20-26)37(21-27-11-14-30(27)34)18-6-5-9-25-19-29(35)13-10-28(25)22-42-32/h4,10,12-13,15,19-20,23-24,27,30,33,36,38-39H,1,5-9,11,14,16-18,21-22H2,2-3H3/t23-,24+,27-,30+,33?,34+/m0/s1. The van der Waals surface area contributed by atoms with Crippen molar-refractivity contribution in [2.45, 2.75) is 95.3 Å². The number of aliphatic hydroxyl groups excluding tert-OH is 1. The van der Waals surface area contributed by atoms with Crippen LogP contribution in [0.15, 0.2) is 49.1 Å². The first kappa shape index (κ1) is 32.3. The molecule has 5 rings (SSSR count). The Balaban J connectivity index is 1.55. The van der Waals surface area contributed by atoms with Crippen LogP contribution in [-0.2, 0) is 23.1 Å². The zero-order chi connectivity index (χ0) is 30.8. The van der Waals surface area contributed by atoms with Crippen molar-refractivity contribution in [1.82, 2.24) is 4.72 Å². The van der Waals surface area contributed by atoms with Gasteiger partial charge in [-0.1, -0.05) is 43.2 Å². The molecule has 1 unspecified atom stereocenters. The molecule has 1 saturated carbocycles. The number of hydrogen-bond acceptors (Lipinski definition) is 6.